The summed E-state index contributed by atoms with van der Waals surface area (Å²) in [7, 11) is 0. The number of nitro groups is 1. The van der Waals surface area contributed by atoms with Crippen molar-refractivity contribution in [3.05, 3.63) is 39.7 Å². The van der Waals surface area contributed by atoms with E-state index in [1.54, 1.807) is 0 Å². The van der Waals surface area contributed by atoms with Crippen molar-refractivity contribution >= 4 is 11.5 Å². The van der Waals surface area contributed by atoms with Crippen LogP contribution in [0.1, 0.15) is 19.4 Å². The Labute approximate surface area is 115 Å². The number of anilines is 1. The quantitative estimate of drug-likeness (QED) is 0.663. The number of non-ortho nitro benzene ring substituents is 1. The lowest BCUT2D eigenvalue weighted by molar-refractivity contribution is -0.385. The van der Waals surface area contributed by atoms with Crippen molar-refractivity contribution in [2.75, 3.05) is 5.73 Å². The number of hydrogen-bond donors (Lipinski definition) is 2. The number of aromatic amines is 1. The molecule has 0 bridgehead atoms. The highest BCUT2D eigenvalue weighted by atomic mass is 19.1. The van der Waals surface area contributed by atoms with E-state index in [4.69, 9.17) is 5.73 Å². The molecular weight excluding hydrogens is 263 g/mol. The van der Waals surface area contributed by atoms with E-state index in [9.17, 15) is 14.5 Å². The molecule has 2 aromatic rings. The third-order valence-corrected chi connectivity index (χ3v) is 2.89. The van der Waals surface area contributed by atoms with Crippen LogP contribution in [-0.4, -0.2) is 15.1 Å². The first kappa shape index (κ1) is 14.0. The lowest BCUT2D eigenvalue weighted by Crippen LogP contribution is -1.99. The summed E-state index contributed by atoms with van der Waals surface area (Å²) in [6.07, 6.45) is 0.655. The minimum absolute atomic E-state index is 0.302. The van der Waals surface area contributed by atoms with Gasteiger partial charge in [-0.1, -0.05) is 13.8 Å². The second-order valence-corrected chi connectivity index (χ2v) is 5.02. The van der Waals surface area contributed by atoms with Crippen molar-refractivity contribution in [3.8, 4) is 11.3 Å². The SMILES string of the molecule is CC(C)Cc1c(N)n[nH]c1-c1cc(F)cc([N+](=O)[O-])c1. The van der Waals surface area contributed by atoms with Gasteiger partial charge in [0.25, 0.3) is 5.69 Å². The maximum absolute atomic E-state index is 13.5. The molecule has 0 radical (unpaired) electrons. The molecule has 20 heavy (non-hydrogen) atoms. The van der Waals surface area contributed by atoms with E-state index in [1.165, 1.54) is 12.1 Å². The van der Waals surface area contributed by atoms with Crippen LogP contribution in [0.5, 0.6) is 0 Å². The number of nitro benzene ring substituents is 1. The lowest BCUT2D eigenvalue weighted by Gasteiger charge is -2.07. The molecule has 0 spiro atoms. The molecule has 6 nitrogen and oxygen atoms in total. The number of H-pyrrole nitrogens is 1. The van der Waals surface area contributed by atoms with Crippen LogP contribution in [0.25, 0.3) is 11.3 Å². The van der Waals surface area contributed by atoms with Gasteiger partial charge in [0.1, 0.15) is 11.6 Å². The van der Waals surface area contributed by atoms with Gasteiger partial charge in [-0.3, -0.25) is 15.2 Å². The number of halogens is 1. The fraction of sp³-hybridized carbons (Fsp3) is 0.308. The van der Waals surface area contributed by atoms with Gasteiger partial charge in [0, 0.05) is 17.2 Å². The fourth-order valence-corrected chi connectivity index (χ4v) is 2.06. The Kier molecular flexibility index (Phi) is 3.69. The van der Waals surface area contributed by atoms with Crippen molar-refractivity contribution in [3.63, 3.8) is 0 Å². The fourth-order valence-electron chi connectivity index (χ4n) is 2.06. The number of nitrogens with zero attached hydrogens (tertiary/aromatic N) is 2. The van der Waals surface area contributed by atoms with Crippen LogP contribution in [-0.2, 0) is 6.42 Å². The molecule has 0 amide bonds. The first-order valence-electron chi connectivity index (χ1n) is 6.16. The molecule has 0 aliphatic carbocycles. The van der Waals surface area contributed by atoms with Crippen LogP contribution >= 0.6 is 0 Å². The first-order chi connectivity index (χ1) is 9.38. The highest BCUT2D eigenvalue weighted by Gasteiger charge is 2.17. The summed E-state index contributed by atoms with van der Waals surface area (Å²) in [6.45, 7) is 4.04. The zero-order valence-corrected chi connectivity index (χ0v) is 11.2. The molecule has 7 heteroatoms. The van der Waals surface area contributed by atoms with Gasteiger partial charge in [-0.05, 0) is 18.4 Å². The zero-order valence-electron chi connectivity index (χ0n) is 11.2. The molecule has 1 aromatic carbocycles. The highest BCUT2D eigenvalue weighted by Crippen LogP contribution is 2.30. The predicted octanol–water partition coefficient (Wildman–Crippen LogP) is 2.90. The summed E-state index contributed by atoms with van der Waals surface area (Å²) in [5.74, 6) is -0.00400. The van der Waals surface area contributed by atoms with E-state index in [0.717, 1.165) is 11.6 Å². The minimum atomic E-state index is -0.669. The average Bonchev–Trinajstić information content (AvgIpc) is 2.69. The van der Waals surface area contributed by atoms with Crippen LogP contribution in [0.2, 0.25) is 0 Å². The molecule has 0 saturated heterocycles. The Balaban J connectivity index is 2.54. The van der Waals surface area contributed by atoms with Crippen molar-refractivity contribution in [2.24, 2.45) is 5.92 Å². The number of nitrogen functional groups attached to an aromatic ring is 1. The molecule has 0 unspecified atom stereocenters. The molecule has 2 rings (SSSR count). The number of rotatable bonds is 4. The Bertz CT molecular complexity index is 652. The van der Waals surface area contributed by atoms with Crippen molar-refractivity contribution < 1.29 is 9.31 Å². The summed E-state index contributed by atoms with van der Waals surface area (Å²) < 4.78 is 13.5. The average molecular weight is 278 g/mol. The van der Waals surface area contributed by atoms with Gasteiger partial charge in [-0.15, -0.1) is 0 Å². The first-order valence-corrected chi connectivity index (χ1v) is 6.16. The second kappa shape index (κ2) is 5.28. The molecular formula is C13H15FN4O2. The van der Waals surface area contributed by atoms with Crippen LogP contribution < -0.4 is 5.73 Å². The third kappa shape index (κ3) is 2.76. The summed E-state index contributed by atoms with van der Waals surface area (Å²) in [6, 6.07) is 3.41. The molecule has 1 aromatic heterocycles. The number of nitrogens with one attached hydrogen (secondary N) is 1. The van der Waals surface area contributed by atoms with E-state index < -0.39 is 10.7 Å². The van der Waals surface area contributed by atoms with Gasteiger partial charge in [-0.2, -0.15) is 5.10 Å². The van der Waals surface area contributed by atoms with Gasteiger partial charge in [0.15, 0.2) is 0 Å². The summed E-state index contributed by atoms with van der Waals surface area (Å²) in [4.78, 5) is 10.2. The molecule has 0 aliphatic heterocycles. The van der Waals surface area contributed by atoms with Gasteiger partial charge >= 0.3 is 0 Å². The van der Waals surface area contributed by atoms with Gasteiger partial charge < -0.3 is 5.73 Å². The zero-order chi connectivity index (χ0) is 14.9. The molecule has 1 heterocycles. The van der Waals surface area contributed by atoms with Crippen molar-refractivity contribution in [1.82, 2.24) is 10.2 Å². The Hall–Kier alpha value is -2.44. The monoisotopic (exact) mass is 278 g/mol. The number of benzene rings is 1. The van der Waals surface area contributed by atoms with E-state index in [1.807, 2.05) is 13.8 Å². The standard InChI is InChI=1S/C13H15FN4O2/c1-7(2)3-11-12(16-17-13(11)15)8-4-9(14)6-10(5-8)18(19)20/h4-7H,3H2,1-2H3,(H3,15,16,17). The molecule has 0 fully saturated rings. The molecule has 0 aliphatic rings. The van der Waals surface area contributed by atoms with Crippen LogP contribution in [0.4, 0.5) is 15.9 Å². The maximum Gasteiger partial charge on any atom is 0.273 e. The number of hydrogen-bond acceptors (Lipinski definition) is 4. The Morgan fingerprint density at radius 1 is 1.45 bits per heavy atom. The topological polar surface area (TPSA) is 97.8 Å². The van der Waals surface area contributed by atoms with E-state index >= 15 is 0 Å². The second-order valence-electron chi connectivity index (χ2n) is 5.02. The largest absolute Gasteiger partial charge is 0.382 e. The van der Waals surface area contributed by atoms with E-state index in [-0.39, 0.29) is 5.69 Å². The van der Waals surface area contributed by atoms with Crippen LogP contribution in [0.15, 0.2) is 18.2 Å². The smallest absolute Gasteiger partial charge is 0.273 e. The molecule has 3 N–H and O–H groups in total. The molecule has 0 atom stereocenters. The minimum Gasteiger partial charge on any atom is -0.382 e. The molecule has 106 valence electrons. The maximum atomic E-state index is 13.5. The summed E-state index contributed by atoms with van der Waals surface area (Å²) >= 11 is 0. The number of nitrogens with two attached hydrogens (primary N) is 1. The van der Waals surface area contributed by atoms with E-state index in [2.05, 4.69) is 10.2 Å². The Morgan fingerprint density at radius 2 is 2.15 bits per heavy atom. The van der Waals surface area contributed by atoms with Crippen LogP contribution in [0, 0.1) is 21.8 Å². The van der Waals surface area contributed by atoms with Crippen molar-refractivity contribution in [1.29, 1.82) is 0 Å². The Morgan fingerprint density at radius 3 is 2.75 bits per heavy atom. The van der Waals surface area contributed by atoms with E-state index in [0.29, 0.717) is 29.4 Å². The summed E-state index contributed by atoms with van der Waals surface area (Å²) in [5.41, 5.74) is 7.14. The highest BCUT2D eigenvalue weighted by molar-refractivity contribution is 5.70. The van der Waals surface area contributed by atoms with Gasteiger partial charge in [-0.25, -0.2) is 4.39 Å². The summed E-state index contributed by atoms with van der Waals surface area (Å²) in [5, 5.41) is 17.4. The van der Waals surface area contributed by atoms with Crippen molar-refractivity contribution in [2.45, 2.75) is 20.3 Å². The molecule has 0 saturated carbocycles. The predicted molar refractivity (Wildman–Crippen MR) is 73.6 cm³/mol. The van der Waals surface area contributed by atoms with Gasteiger partial charge in [0.2, 0.25) is 0 Å². The number of aromatic nitrogens is 2. The van der Waals surface area contributed by atoms with Crippen LogP contribution in [0.3, 0.4) is 0 Å². The lowest BCUT2D eigenvalue weighted by atomic mass is 9.99. The normalized spacial score (nSPS) is 11.0. The third-order valence-electron chi connectivity index (χ3n) is 2.89. The van der Waals surface area contributed by atoms with Gasteiger partial charge in [0.05, 0.1) is 16.7 Å².